The zero-order chi connectivity index (χ0) is 13.0. The van der Waals surface area contributed by atoms with Crippen LogP contribution < -0.4 is 5.32 Å². The van der Waals surface area contributed by atoms with Gasteiger partial charge in [-0.3, -0.25) is 0 Å². The maximum absolute atomic E-state index is 13.8. The van der Waals surface area contributed by atoms with Gasteiger partial charge in [-0.15, -0.1) is 0 Å². The first-order valence-corrected chi connectivity index (χ1v) is 5.71. The van der Waals surface area contributed by atoms with Crippen molar-refractivity contribution >= 4 is 0 Å². The number of alkyl halides is 1. The Morgan fingerprint density at radius 3 is 2.83 bits per heavy atom. The topological polar surface area (TPSA) is 38.1 Å². The first-order valence-electron chi connectivity index (χ1n) is 5.71. The van der Waals surface area contributed by atoms with Crippen LogP contribution in [0.25, 0.3) is 11.3 Å². The molecule has 2 aromatic rings. The summed E-state index contributed by atoms with van der Waals surface area (Å²) in [5, 5.41) is 6.59. The lowest BCUT2D eigenvalue weighted by molar-refractivity contribution is 0.344. The Hall–Kier alpha value is -1.75. The molecule has 5 heteroatoms. The zero-order valence-corrected chi connectivity index (χ0v) is 9.99. The zero-order valence-electron chi connectivity index (χ0n) is 9.99. The third-order valence-corrected chi connectivity index (χ3v) is 2.50. The van der Waals surface area contributed by atoms with E-state index in [0.717, 1.165) is 5.56 Å². The molecule has 0 saturated heterocycles. The smallest absolute Gasteiger partial charge is 0.133 e. The fraction of sp³-hybridized carbons (Fsp3) is 0.308. The highest BCUT2D eigenvalue weighted by molar-refractivity contribution is 5.59. The number of rotatable bonds is 5. The average molecular weight is 252 g/mol. The summed E-state index contributed by atoms with van der Waals surface area (Å²) in [7, 11) is 0. The minimum Gasteiger partial charge on any atom is -0.364 e. The second-order valence-corrected chi connectivity index (χ2v) is 4.11. The van der Waals surface area contributed by atoms with E-state index >= 15 is 0 Å². The number of hydrogen-bond donors (Lipinski definition) is 1. The number of hydrogen-bond acceptors (Lipinski definition) is 3. The van der Waals surface area contributed by atoms with Gasteiger partial charge in [0.1, 0.15) is 23.9 Å². The van der Waals surface area contributed by atoms with E-state index in [9.17, 15) is 8.78 Å². The van der Waals surface area contributed by atoms with Crippen LogP contribution >= 0.6 is 0 Å². The highest BCUT2D eigenvalue weighted by Crippen LogP contribution is 2.21. The molecule has 0 saturated carbocycles. The van der Waals surface area contributed by atoms with Gasteiger partial charge in [-0.25, -0.2) is 8.78 Å². The van der Waals surface area contributed by atoms with Crippen LogP contribution in [0.2, 0.25) is 0 Å². The lowest BCUT2D eigenvalue weighted by Gasteiger charge is -2.07. The molecule has 0 radical (unpaired) electrons. The maximum atomic E-state index is 13.8. The lowest BCUT2D eigenvalue weighted by Crippen LogP contribution is -2.21. The van der Waals surface area contributed by atoms with Gasteiger partial charge < -0.3 is 9.84 Å². The molecule has 0 bridgehead atoms. The van der Waals surface area contributed by atoms with Crippen LogP contribution in [0.4, 0.5) is 8.78 Å². The average Bonchev–Trinajstić information content (AvgIpc) is 2.82. The van der Waals surface area contributed by atoms with Crippen molar-refractivity contribution in [3.63, 3.8) is 0 Å². The third-order valence-electron chi connectivity index (χ3n) is 2.50. The summed E-state index contributed by atoms with van der Waals surface area (Å²) in [6.45, 7) is 2.16. The Labute approximate surface area is 104 Å². The van der Waals surface area contributed by atoms with Crippen molar-refractivity contribution in [2.75, 3.05) is 6.54 Å². The predicted molar refractivity (Wildman–Crippen MR) is 64.2 cm³/mol. The fourth-order valence-electron chi connectivity index (χ4n) is 1.64. The molecule has 18 heavy (non-hydrogen) atoms. The molecular formula is C13H14F2N2O. The first kappa shape index (κ1) is 12.7. The molecule has 0 aliphatic rings. The minimum absolute atomic E-state index is 0.257. The van der Waals surface area contributed by atoms with E-state index in [4.69, 9.17) is 0 Å². The predicted octanol–water partition coefficient (Wildman–Crippen LogP) is 2.93. The molecule has 1 unspecified atom stereocenters. The molecule has 2 rings (SSSR count). The van der Waals surface area contributed by atoms with Crippen molar-refractivity contribution in [2.45, 2.75) is 19.6 Å². The number of halogens is 2. The molecule has 96 valence electrons. The molecule has 0 aliphatic carbocycles. The van der Waals surface area contributed by atoms with E-state index in [1.807, 2.05) is 0 Å². The van der Waals surface area contributed by atoms with Gasteiger partial charge in [-0.2, -0.15) is 0 Å². The Morgan fingerprint density at radius 2 is 2.22 bits per heavy atom. The molecule has 0 amide bonds. The minimum atomic E-state index is -0.913. The normalized spacial score (nSPS) is 12.6. The van der Waals surface area contributed by atoms with Crippen LogP contribution in [0.5, 0.6) is 0 Å². The van der Waals surface area contributed by atoms with E-state index < -0.39 is 6.17 Å². The maximum Gasteiger partial charge on any atom is 0.133 e. The van der Waals surface area contributed by atoms with Crippen LogP contribution in [0, 0.1) is 5.82 Å². The Morgan fingerprint density at radius 1 is 1.39 bits per heavy atom. The number of benzene rings is 1. The van der Waals surface area contributed by atoms with Gasteiger partial charge in [0.15, 0.2) is 0 Å². The number of nitrogens with zero attached hydrogens (tertiary/aromatic N) is 1. The highest BCUT2D eigenvalue weighted by atomic mass is 19.1. The van der Waals surface area contributed by atoms with E-state index in [-0.39, 0.29) is 12.4 Å². The molecule has 0 fully saturated rings. The molecule has 1 atom stereocenters. The standard InChI is InChI=1S/C13H14F2N2O/c1-9(14)7-16-8-10-2-3-11(12(15)6-10)13-4-5-18-17-13/h2-6,9,16H,7-8H2,1H3. The molecule has 3 nitrogen and oxygen atoms in total. The molecule has 1 heterocycles. The second kappa shape index (κ2) is 5.73. The summed E-state index contributed by atoms with van der Waals surface area (Å²) in [6, 6.07) is 6.44. The van der Waals surface area contributed by atoms with Crippen LogP contribution in [-0.4, -0.2) is 17.9 Å². The summed E-state index contributed by atoms with van der Waals surface area (Å²) in [6.07, 6.45) is 0.483. The summed E-state index contributed by atoms with van der Waals surface area (Å²) in [5.41, 5.74) is 1.62. The van der Waals surface area contributed by atoms with E-state index in [1.165, 1.54) is 19.3 Å². The lowest BCUT2D eigenvalue weighted by atomic mass is 10.1. The molecule has 0 aliphatic heterocycles. The van der Waals surface area contributed by atoms with Gasteiger partial charge in [0.25, 0.3) is 0 Å². The van der Waals surface area contributed by atoms with Crippen LogP contribution in [-0.2, 0) is 6.54 Å². The van der Waals surface area contributed by atoms with Crippen molar-refractivity contribution in [1.29, 1.82) is 0 Å². The SMILES string of the molecule is CC(F)CNCc1ccc(-c2ccon2)c(F)c1. The number of aromatic nitrogens is 1. The summed E-state index contributed by atoms with van der Waals surface area (Å²) in [5.74, 6) is -0.364. The van der Waals surface area contributed by atoms with Crippen LogP contribution in [0.3, 0.4) is 0 Å². The van der Waals surface area contributed by atoms with Crippen molar-refractivity contribution in [3.05, 3.63) is 41.9 Å². The largest absolute Gasteiger partial charge is 0.364 e. The fourth-order valence-corrected chi connectivity index (χ4v) is 1.64. The van der Waals surface area contributed by atoms with Gasteiger partial charge >= 0.3 is 0 Å². The summed E-state index contributed by atoms with van der Waals surface area (Å²) < 4.78 is 31.1. The van der Waals surface area contributed by atoms with Gasteiger partial charge in [0.05, 0.1) is 0 Å². The van der Waals surface area contributed by atoms with Crippen molar-refractivity contribution < 1.29 is 13.3 Å². The van der Waals surface area contributed by atoms with Crippen molar-refractivity contribution in [2.24, 2.45) is 0 Å². The monoisotopic (exact) mass is 252 g/mol. The number of nitrogens with one attached hydrogen (secondary N) is 1. The van der Waals surface area contributed by atoms with Crippen LogP contribution in [0.15, 0.2) is 35.1 Å². The molecule has 1 N–H and O–H groups in total. The highest BCUT2D eigenvalue weighted by Gasteiger charge is 2.08. The summed E-state index contributed by atoms with van der Waals surface area (Å²) >= 11 is 0. The van der Waals surface area contributed by atoms with E-state index in [1.54, 1.807) is 18.2 Å². The Balaban J connectivity index is 2.06. The van der Waals surface area contributed by atoms with Crippen molar-refractivity contribution in [3.8, 4) is 11.3 Å². The summed E-state index contributed by atoms with van der Waals surface area (Å²) in [4.78, 5) is 0. The quantitative estimate of drug-likeness (QED) is 0.889. The van der Waals surface area contributed by atoms with Crippen LogP contribution in [0.1, 0.15) is 12.5 Å². The van der Waals surface area contributed by atoms with Gasteiger partial charge in [0.2, 0.25) is 0 Å². The van der Waals surface area contributed by atoms with Gasteiger partial charge in [-0.1, -0.05) is 11.2 Å². The Bertz CT molecular complexity index is 498. The van der Waals surface area contributed by atoms with Crippen molar-refractivity contribution in [1.82, 2.24) is 10.5 Å². The molecule has 0 spiro atoms. The Kier molecular flexibility index (Phi) is 4.04. The molecular weight excluding hydrogens is 238 g/mol. The molecule has 1 aromatic heterocycles. The van der Waals surface area contributed by atoms with E-state index in [2.05, 4.69) is 15.0 Å². The van der Waals surface area contributed by atoms with E-state index in [0.29, 0.717) is 17.8 Å². The van der Waals surface area contributed by atoms with Gasteiger partial charge in [-0.05, 0) is 24.6 Å². The second-order valence-electron chi connectivity index (χ2n) is 4.11. The first-order chi connectivity index (χ1) is 8.66. The molecule has 1 aromatic carbocycles. The van der Waals surface area contributed by atoms with Gasteiger partial charge in [0, 0.05) is 24.7 Å². The third kappa shape index (κ3) is 3.13.